The first kappa shape index (κ1) is 19.5. The van der Waals surface area contributed by atoms with Gasteiger partial charge in [-0.1, -0.05) is 36.4 Å². The summed E-state index contributed by atoms with van der Waals surface area (Å²) in [6.07, 6.45) is 3.71. The van der Waals surface area contributed by atoms with E-state index >= 15 is 0 Å². The van der Waals surface area contributed by atoms with Crippen molar-refractivity contribution in [3.8, 4) is 10.6 Å². The first-order valence-corrected chi connectivity index (χ1v) is 11.3. The zero-order valence-electron chi connectivity index (χ0n) is 16.8. The van der Waals surface area contributed by atoms with Gasteiger partial charge in [-0.3, -0.25) is 9.48 Å². The number of nitrogens with zero attached hydrogens (tertiary/aromatic N) is 3. The molecule has 2 aromatic heterocycles. The normalized spacial score (nSPS) is 20.0. The summed E-state index contributed by atoms with van der Waals surface area (Å²) in [5.41, 5.74) is 2.59. The largest absolute Gasteiger partial charge is 0.350 e. The Hall–Kier alpha value is -2.48. The van der Waals surface area contributed by atoms with Crippen LogP contribution in [0.25, 0.3) is 10.6 Å². The maximum absolute atomic E-state index is 13.5. The van der Waals surface area contributed by atoms with Crippen LogP contribution >= 0.6 is 11.3 Å². The predicted molar refractivity (Wildman–Crippen MR) is 115 cm³/mol. The molecule has 5 rings (SSSR count). The van der Waals surface area contributed by atoms with E-state index in [-0.39, 0.29) is 18.1 Å². The van der Waals surface area contributed by atoms with E-state index < -0.39 is 0 Å². The summed E-state index contributed by atoms with van der Waals surface area (Å²) in [4.78, 5) is 16.5. The lowest BCUT2D eigenvalue weighted by molar-refractivity contribution is -0.0969. The Balaban J connectivity index is 1.41. The van der Waals surface area contributed by atoms with E-state index in [1.54, 1.807) is 11.3 Å². The van der Waals surface area contributed by atoms with E-state index in [2.05, 4.69) is 12.1 Å². The van der Waals surface area contributed by atoms with Crippen molar-refractivity contribution in [2.24, 2.45) is 5.92 Å². The lowest BCUT2D eigenvalue weighted by Gasteiger charge is -2.34. The van der Waals surface area contributed by atoms with Crippen LogP contribution in [0, 0.1) is 5.92 Å². The average Bonchev–Trinajstić information content (AvgIpc) is 3.55. The smallest absolute Gasteiger partial charge is 0.257 e. The number of rotatable bonds is 5. The van der Waals surface area contributed by atoms with Crippen molar-refractivity contribution in [3.05, 3.63) is 65.2 Å². The summed E-state index contributed by atoms with van der Waals surface area (Å²) in [5.74, 6) is 0.273. The summed E-state index contributed by atoms with van der Waals surface area (Å²) in [5, 5.41) is 6.81. The van der Waals surface area contributed by atoms with Crippen LogP contribution in [-0.4, -0.2) is 53.2 Å². The highest BCUT2D eigenvalue weighted by molar-refractivity contribution is 7.13. The third kappa shape index (κ3) is 4.05. The van der Waals surface area contributed by atoms with E-state index in [0.29, 0.717) is 31.9 Å². The van der Waals surface area contributed by atoms with E-state index in [1.165, 1.54) is 0 Å². The summed E-state index contributed by atoms with van der Waals surface area (Å²) >= 11 is 1.61. The molecule has 1 aromatic carbocycles. The Bertz CT molecular complexity index is 981. The minimum absolute atomic E-state index is 0.0420. The molecule has 156 valence electrons. The highest BCUT2D eigenvalue weighted by Gasteiger charge is 2.34. The number of piperidine rings is 1. The van der Waals surface area contributed by atoms with E-state index in [4.69, 9.17) is 14.6 Å². The summed E-state index contributed by atoms with van der Waals surface area (Å²) < 4.78 is 13.3. The number of likely N-dealkylation sites (tertiary alicyclic amines) is 1. The maximum atomic E-state index is 13.5. The van der Waals surface area contributed by atoms with Gasteiger partial charge in [0.2, 0.25) is 0 Å². The molecular formula is C23H25N3O3S. The van der Waals surface area contributed by atoms with Crippen LogP contribution in [0.5, 0.6) is 0 Å². The van der Waals surface area contributed by atoms with Crippen molar-refractivity contribution in [1.82, 2.24) is 14.7 Å². The molecule has 0 spiro atoms. The van der Waals surface area contributed by atoms with Crippen LogP contribution in [0.15, 0.2) is 54.0 Å². The van der Waals surface area contributed by atoms with Gasteiger partial charge in [0.15, 0.2) is 6.29 Å². The molecule has 0 saturated carbocycles. The van der Waals surface area contributed by atoms with Crippen molar-refractivity contribution in [2.45, 2.75) is 25.7 Å². The van der Waals surface area contributed by atoms with Gasteiger partial charge in [-0.15, -0.1) is 11.3 Å². The molecule has 0 aliphatic carbocycles. The first-order valence-electron chi connectivity index (χ1n) is 10.5. The molecule has 4 heterocycles. The van der Waals surface area contributed by atoms with Crippen molar-refractivity contribution in [3.63, 3.8) is 0 Å². The second kappa shape index (κ2) is 8.71. The van der Waals surface area contributed by atoms with Crippen LogP contribution < -0.4 is 0 Å². The molecule has 2 aliphatic rings. The summed E-state index contributed by atoms with van der Waals surface area (Å²) in [6, 6.07) is 14.2. The Morgan fingerprint density at radius 2 is 1.97 bits per heavy atom. The molecule has 1 unspecified atom stereocenters. The molecule has 3 aromatic rings. The van der Waals surface area contributed by atoms with E-state index in [0.717, 1.165) is 35.5 Å². The van der Waals surface area contributed by atoms with Gasteiger partial charge < -0.3 is 14.4 Å². The second-order valence-corrected chi connectivity index (χ2v) is 8.76. The van der Waals surface area contributed by atoms with Gasteiger partial charge in [-0.05, 0) is 29.9 Å². The Kier molecular flexibility index (Phi) is 5.66. The minimum atomic E-state index is -0.182. The third-order valence-corrected chi connectivity index (χ3v) is 6.59. The number of thiophene rings is 1. The van der Waals surface area contributed by atoms with Gasteiger partial charge in [0.25, 0.3) is 5.91 Å². The molecule has 0 bridgehead atoms. The first-order chi connectivity index (χ1) is 14.8. The van der Waals surface area contributed by atoms with Gasteiger partial charge in [-0.25, -0.2) is 0 Å². The highest BCUT2D eigenvalue weighted by Crippen LogP contribution is 2.30. The fourth-order valence-electron chi connectivity index (χ4n) is 4.26. The SMILES string of the molecule is O=C(c1cn(Cc2ccccc2)nc1-c1cccs1)N1CCCC(C2OCCO2)C1. The van der Waals surface area contributed by atoms with Crippen LogP contribution in [0.3, 0.4) is 0 Å². The quantitative estimate of drug-likeness (QED) is 0.625. The highest BCUT2D eigenvalue weighted by atomic mass is 32.1. The molecule has 0 radical (unpaired) electrons. The van der Waals surface area contributed by atoms with Crippen LogP contribution in [0.1, 0.15) is 28.8 Å². The molecule has 0 N–H and O–H groups in total. The number of hydrogen-bond donors (Lipinski definition) is 0. The fourth-order valence-corrected chi connectivity index (χ4v) is 4.98. The van der Waals surface area contributed by atoms with E-state index in [9.17, 15) is 4.79 Å². The average molecular weight is 424 g/mol. The number of aromatic nitrogens is 2. The number of hydrogen-bond acceptors (Lipinski definition) is 5. The molecule has 2 aliphatic heterocycles. The molecular weight excluding hydrogens is 398 g/mol. The number of carbonyl (C=O) groups is 1. The molecule has 7 heteroatoms. The number of ether oxygens (including phenoxy) is 2. The van der Waals surface area contributed by atoms with Crippen LogP contribution in [-0.2, 0) is 16.0 Å². The molecule has 2 saturated heterocycles. The van der Waals surface area contributed by atoms with Gasteiger partial charge >= 0.3 is 0 Å². The number of benzene rings is 1. The molecule has 30 heavy (non-hydrogen) atoms. The van der Waals surface area contributed by atoms with Crippen molar-refractivity contribution < 1.29 is 14.3 Å². The van der Waals surface area contributed by atoms with Gasteiger partial charge in [0.05, 0.1) is 30.2 Å². The molecule has 2 fully saturated rings. The van der Waals surface area contributed by atoms with Crippen LogP contribution in [0.2, 0.25) is 0 Å². The molecule has 1 amide bonds. The lowest BCUT2D eigenvalue weighted by atomic mass is 9.96. The fraction of sp³-hybridized carbons (Fsp3) is 0.391. The number of carbonyl (C=O) groups excluding carboxylic acids is 1. The van der Waals surface area contributed by atoms with Crippen molar-refractivity contribution >= 4 is 17.2 Å². The van der Waals surface area contributed by atoms with Crippen molar-refractivity contribution in [2.75, 3.05) is 26.3 Å². The Labute approximate surface area is 180 Å². The molecule has 6 nitrogen and oxygen atoms in total. The lowest BCUT2D eigenvalue weighted by Crippen LogP contribution is -2.43. The molecule has 1 atom stereocenters. The Morgan fingerprint density at radius 1 is 1.13 bits per heavy atom. The maximum Gasteiger partial charge on any atom is 0.257 e. The zero-order chi connectivity index (χ0) is 20.3. The second-order valence-electron chi connectivity index (χ2n) is 7.82. The van der Waals surface area contributed by atoms with Crippen molar-refractivity contribution in [1.29, 1.82) is 0 Å². The topological polar surface area (TPSA) is 56.6 Å². The van der Waals surface area contributed by atoms with Crippen LogP contribution in [0.4, 0.5) is 0 Å². The summed E-state index contributed by atoms with van der Waals surface area (Å²) in [7, 11) is 0. The van der Waals surface area contributed by atoms with E-state index in [1.807, 2.05) is 51.5 Å². The van der Waals surface area contributed by atoms with Gasteiger partial charge in [-0.2, -0.15) is 5.10 Å². The standard InChI is InChI=1S/C23H25N3O3S/c27-22(25-10-4-8-18(15-25)23-28-11-12-29-23)19-16-26(14-17-6-2-1-3-7-17)24-21(19)20-9-5-13-30-20/h1-3,5-7,9,13,16,18,23H,4,8,10-12,14-15H2. The number of amides is 1. The zero-order valence-corrected chi connectivity index (χ0v) is 17.6. The summed E-state index contributed by atoms with van der Waals surface area (Å²) in [6.45, 7) is 3.35. The third-order valence-electron chi connectivity index (χ3n) is 5.71. The van der Waals surface area contributed by atoms with Gasteiger partial charge in [0, 0.05) is 25.2 Å². The minimum Gasteiger partial charge on any atom is -0.350 e. The monoisotopic (exact) mass is 423 g/mol. The Morgan fingerprint density at radius 3 is 2.73 bits per heavy atom. The van der Waals surface area contributed by atoms with Gasteiger partial charge in [0.1, 0.15) is 5.69 Å². The predicted octanol–water partition coefficient (Wildman–Crippen LogP) is 3.89.